The first-order valence-corrected chi connectivity index (χ1v) is 13.7. The van der Waals surface area contributed by atoms with Gasteiger partial charge in [-0.05, 0) is 74.2 Å². The Hall–Kier alpha value is -2.57. The molecule has 2 fully saturated rings. The van der Waals surface area contributed by atoms with Crippen molar-refractivity contribution in [1.82, 2.24) is 15.1 Å². The van der Waals surface area contributed by atoms with Crippen molar-refractivity contribution in [2.75, 3.05) is 33.3 Å². The van der Waals surface area contributed by atoms with E-state index in [-0.39, 0.29) is 17.4 Å². The van der Waals surface area contributed by atoms with Gasteiger partial charge in [0, 0.05) is 30.1 Å². The first-order chi connectivity index (χ1) is 17.6. The Morgan fingerprint density at radius 3 is 2.38 bits per heavy atom. The third kappa shape index (κ3) is 6.66. The second kappa shape index (κ2) is 11.4. The van der Waals surface area contributed by atoms with E-state index in [4.69, 9.17) is 16.3 Å². The molecule has 2 aromatic carbocycles. The number of rotatable bonds is 8. The molecule has 0 bridgehead atoms. The molecule has 1 atom stereocenters. The minimum Gasteiger partial charge on any atom is -0.497 e. The molecule has 200 valence electrons. The van der Waals surface area contributed by atoms with Gasteiger partial charge in [0.25, 0.3) is 0 Å². The summed E-state index contributed by atoms with van der Waals surface area (Å²) in [5, 5.41) is 3.91. The van der Waals surface area contributed by atoms with Gasteiger partial charge in [0.2, 0.25) is 11.8 Å². The van der Waals surface area contributed by atoms with Crippen molar-refractivity contribution in [2.45, 2.75) is 59.0 Å². The number of piperidine rings is 1. The van der Waals surface area contributed by atoms with E-state index in [2.05, 4.69) is 10.2 Å². The summed E-state index contributed by atoms with van der Waals surface area (Å²) in [7, 11) is 1.66. The van der Waals surface area contributed by atoms with E-state index in [0.717, 1.165) is 68.7 Å². The molecule has 1 spiro atoms. The lowest BCUT2D eigenvalue weighted by atomic mass is 9.77. The lowest BCUT2D eigenvalue weighted by Gasteiger charge is -2.38. The number of halogens is 1. The molecule has 0 aliphatic carbocycles. The predicted octanol–water partition coefficient (Wildman–Crippen LogP) is 5.46. The summed E-state index contributed by atoms with van der Waals surface area (Å²) in [6.07, 6.45) is 3.51. The number of carbonyl (C=O) groups is 2. The molecule has 0 radical (unpaired) electrons. The molecule has 2 amide bonds. The highest BCUT2D eigenvalue weighted by Gasteiger charge is 2.47. The summed E-state index contributed by atoms with van der Waals surface area (Å²) in [6, 6.07) is 15.6. The molecule has 2 aromatic rings. The Kier molecular flexibility index (Phi) is 8.49. The van der Waals surface area contributed by atoms with Gasteiger partial charge in [-0.1, -0.05) is 56.6 Å². The largest absolute Gasteiger partial charge is 0.497 e. The molecule has 7 heteroatoms. The second-order valence-corrected chi connectivity index (χ2v) is 12.0. The molecular formula is C30H40ClN3O3. The number of nitrogens with zero attached hydrogens (tertiary/aromatic N) is 2. The Morgan fingerprint density at radius 1 is 1.08 bits per heavy atom. The minimum atomic E-state index is -0.463. The third-order valence-corrected chi connectivity index (χ3v) is 8.15. The van der Waals surface area contributed by atoms with Crippen LogP contribution in [0.15, 0.2) is 48.5 Å². The lowest BCUT2D eigenvalue weighted by molar-refractivity contribution is -0.139. The van der Waals surface area contributed by atoms with E-state index in [0.29, 0.717) is 17.5 Å². The lowest BCUT2D eigenvalue weighted by Crippen LogP contribution is -2.45. The number of hydrogen-bond donors (Lipinski definition) is 1. The predicted molar refractivity (Wildman–Crippen MR) is 148 cm³/mol. The number of amides is 2. The molecule has 2 aliphatic rings. The maximum Gasteiger partial charge on any atom is 0.229 e. The number of ether oxygens (including phenoxy) is 1. The maximum absolute atomic E-state index is 13.4. The van der Waals surface area contributed by atoms with Crippen LogP contribution >= 0.6 is 11.6 Å². The third-order valence-electron chi connectivity index (χ3n) is 7.92. The number of methoxy groups -OCH3 is 1. The Balaban J connectivity index is 1.33. The molecule has 0 saturated carbocycles. The zero-order valence-corrected chi connectivity index (χ0v) is 23.3. The molecule has 1 unspecified atom stereocenters. The Morgan fingerprint density at radius 2 is 1.76 bits per heavy atom. The SMILES string of the molecule is COc1ccc(CN2CCC3(CCN(CCC(NC(=O)C(C)(C)C)c4cccc(Cl)c4)CC3)C2=O)cc1. The first kappa shape index (κ1) is 27.5. The van der Waals surface area contributed by atoms with Crippen molar-refractivity contribution >= 4 is 23.4 Å². The topological polar surface area (TPSA) is 61.9 Å². The molecular weight excluding hydrogens is 486 g/mol. The first-order valence-electron chi connectivity index (χ1n) is 13.3. The van der Waals surface area contributed by atoms with Crippen molar-refractivity contribution in [2.24, 2.45) is 10.8 Å². The van der Waals surface area contributed by atoms with Crippen LogP contribution < -0.4 is 10.1 Å². The molecule has 2 heterocycles. The standard InChI is InChI=1S/C30H40ClN3O3/c1-29(2,3)27(35)32-26(23-6-5-7-24(31)20-23)12-16-33-17-13-30(14-18-33)15-19-34(28(30)36)21-22-8-10-25(37-4)11-9-22/h5-11,20,26H,12-19,21H2,1-4H3,(H,32,35). The number of carbonyl (C=O) groups excluding carboxylic acids is 2. The molecule has 0 aromatic heterocycles. The summed E-state index contributed by atoms with van der Waals surface area (Å²) in [5.41, 5.74) is 1.47. The van der Waals surface area contributed by atoms with Crippen molar-refractivity contribution in [3.05, 3.63) is 64.7 Å². The normalized spacial score (nSPS) is 18.7. The second-order valence-electron chi connectivity index (χ2n) is 11.6. The summed E-state index contributed by atoms with van der Waals surface area (Å²) in [6.45, 7) is 9.92. The highest BCUT2D eigenvalue weighted by atomic mass is 35.5. The fourth-order valence-electron chi connectivity index (χ4n) is 5.40. The molecule has 6 nitrogen and oxygen atoms in total. The average molecular weight is 526 g/mol. The monoisotopic (exact) mass is 525 g/mol. The molecule has 2 aliphatic heterocycles. The summed E-state index contributed by atoms with van der Waals surface area (Å²) < 4.78 is 5.25. The number of hydrogen-bond acceptors (Lipinski definition) is 4. The van der Waals surface area contributed by atoms with Crippen molar-refractivity contribution in [1.29, 1.82) is 0 Å². The zero-order chi connectivity index (χ0) is 26.6. The number of likely N-dealkylation sites (tertiary alicyclic amines) is 2. The van der Waals surface area contributed by atoms with E-state index < -0.39 is 5.41 Å². The highest BCUT2D eigenvalue weighted by Crippen LogP contribution is 2.42. The van der Waals surface area contributed by atoms with Crippen molar-refractivity contribution in [3.8, 4) is 5.75 Å². The van der Waals surface area contributed by atoms with Gasteiger partial charge in [0.15, 0.2) is 0 Å². The van der Waals surface area contributed by atoms with Gasteiger partial charge in [-0.15, -0.1) is 0 Å². The van der Waals surface area contributed by atoms with Crippen LogP contribution in [0.1, 0.15) is 63.6 Å². The average Bonchev–Trinajstić information content (AvgIpc) is 3.17. The van der Waals surface area contributed by atoms with Crippen LogP contribution in [0, 0.1) is 10.8 Å². The molecule has 37 heavy (non-hydrogen) atoms. The molecule has 2 saturated heterocycles. The Bertz CT molecular complexity index is 1090. The van der Waals surface area contributed by atoms with Crippen LogP contribution in [0.3, 0.4) is 0 Å². The fourth-order valence-corrected chi connectivity index (χ4v) is 5.59. The quantitative estimate of drug-likeness (QED) is 0.497. The van der Waals surface area contributed by atoms with E-state index >= 15 is 0 Å². The van der Waals surface area contributed by atoms with Gasteiger partial charge < -0.3 is 19.9 Å². The smallest absolute Gasteiger partial charge is 0.229 e. The van der Waals surface area contributed by atoms with E-state index in [1.807, 2.05) is 74.2 Å². The van der Waals surface area contributed by atoms with Gasteiger partial charge in [-0.2, -0.15) is 0 Å². The summed E-state index contributed by atoms with van der Waals surface area (Å²) in [5.74, 6) is 1.16. The summed E-state index contributed by atoms with van der Waals surface area (Å²) >= 11 is 6.26. The zero-order valence-electron chi connectivity index (χ0n) is 22.6. The van der Waals surface area contributed by atoms with E-state index in [9.17, 15) is 9.59 Å². The van der Waals surface area contributed by atoms with Gasteiger partial charge in [-0.25, -0.2) is 0 Å². The van der Waals surface area contributed by atoms with Gasteiger partial charge in [0.1, 0.15) is 5.75 Å². The highest BCUT2D eigenvalue weighted by molar-refractivity contribution is 6.30. The van der Waals surface area contributed by atoms with Gasteiger partial charge in [-0.3, -0.25) is 9.59 Å². The van der Waals surface area contributed by atoms with Crippen molar-refractivity contribution < 1.29 is 14.3 Å². The Labute approximate surface area is 226 Å². The van der Waals surface area contributed by atoms with Crippen LogP contribution in [-0.2, 0) is 16.1 Å². The van der Waals surface area contributed by atoms with Crippen LogP contribution in [0.5, 0.6) is 5.75 Å². The molecule has 4 rings (SSSR count). The molecule has 1 N–H and O–H groups in total. The number of benzene rings is 2. The van der Waals surface area contributed by atoms with E-state index in [1.165, 1.54) is 0 Å². The maximum atomic E-state index is 13.4. The van der Waals surface area contributed by atoms with Crippen molar-refractivity contribution in [3.63, 3.8) is 0 Å². The van der Waals surface area contributed by atoms with Crippen LogP contribution in [0.4, 0.5) is 0 Å². The van der Waals surface area contributed by atoms with Crippen LogP contribution in [-0.4, -0.2) is 54.9 Å². The van der Waals surface area contributed by atoms with Gasteiger partial charge in [0.05, 0.1) is 18.6 Å². The van der Waals surface area contributed by atoms with Crippen LogP contribution in [0.25, 0.3) is 0 Å². The number of nitrogens with one attached hydrogen (secondary N) is 1. The van der Waals surface area contributed by atoms with Crippen LogP contribution in [0.2, 0.25) is 5.02 Å². The summed E-state index contributed by atoms with van der Waals surface area (Å²) in [4.78, 5) is 30.7. The minimum absolute atomic E-state index is 0.0311. The van der Waals surface area contributed by atoms with Gasteiger partial charge >= 0.3 is 0 Å². The fraction of sp³-hybridized carbons (Fsp3) is 0.533. The van der Waals surface area contributed by atoms with E-state index in [1.54, 1.807) is 7.11 Å².